The van der Waals surface area contributed by atoms with Crippen LogP contribution in [0.15, 0.2) is 42.5 Å². The molecule has 2 aromatic carbocycles. The topological polar surface area (TPSA) is 66.5 Å². The van der Waals surface area contributed by atoms with Gasteiger partial charge >= 0.3 is 0 Å². The third-order valence-electron chi connectivity index (χ3n) is 3.30. The van der Waals surface area contributed by atoms with Gasteiger partial charge in [-0.2, -0.15) is 0 Å². The standard InChI is InChI=1S/C16H16F2N2O3S/c1-11-6-3-4-9-14(11)20(24(2,22)23)10-15(21)19-16-12(17)7-5-8-13(16)18/h3-9H,10H2,1-2H3,(H,19,21). The van der Waals surface area contributed by atoms with Gasteiger partial charge < -0.3 is 5.32 Å². The van der Waals surface area contributed by atoms with E-state index < -0.39 is 39.8 Å². The van der Waals surface area contributed by atoms with Gasteiger partial charge in [-0.1, -0.05) is 24.3 Å². The van der Waals surface area contributed by atoms with Gasteiger partial charge in [-0.25, -0.2) is 17.2 Å². The van der Waals surface area contributed by atoms with Crippen LogP contribution in [0.25, 0.3) is 0 Å². The highest BCUT2D eigenvalue weighted by atomic mass is 32.2. The molecule has 0 radical (unpaired) electrons. The number of nitrogens with zero attached hydrogens (tertiary/aromatic N) is 1. The molecule has 1 amide bonds. The number of carbonyl (C=O) groups is 1. The first kappa shape index (κ1) is 17.9. The van der Waals surface area contributed by atoms with Crippen LogP contribution in [-0.4, -0.2) is 27.1 Å². The Kier molecular flexibility index (Phi) is 5.18. The molecule has 0 aliphatic carbocycles. The molecule has 2 aromatic rings. The Bertz CT molecular complexity index is 849. The summed E-state index contributed by atoms with van der Waals surface area (Å²) < 4.78 is 52.1. The minimum atomic E-state index is -3.76. The second kappa shape index (κ2) is 6.96. The molecule has 24 heavy (non-hydrogen) atoms. The van der Waals surface area contributed by atoms with E-state index in [1.165, 1.54) is 0 Å². The number of halogens is 2. The van der Waals surface area contributed by atoms with Crippen molar-refractivity contribution in [1.29, 1.82) is 0 Å². The number of sulfonamides is 1. The van der Waals surface area contributed by atoms with Crippen LogP contribution in [0, 0.1) is 18.6 Å². The summed E-state index contributed by atoms with van der Waals surface area (Å²) >= 11 is 0. The number of hydrogen-bond acceptors (Lipinski definition) is 3. The van der Waals surface area contributed by atoms with Crippen LogP contribution in [0.4, 0.5) is 20.2 Å². The maximum atomic E-state index is 13.6. The molecular weight excluding hydrogens is 338 g/mol. The van der Waals surface area contributed by atoms with Crippen molar-refractivity contribution in [2.75, 3.05) is 22.4 Å². The fourth-order valence-corrected chi connectivity index (χ4v) is 3.06. The van der Waals surface area contributed by atoms with Crippen molar-refractivity contribution < 1.29 is 22.0 Å². The van der Waals surface area contributed by atoms with E-state index in [4.69, 9.17) is 0 Å². The Morgan fingerprint density at radius 3 is 2.21 bits per heavy atom. The highest BCUT2D eigenvalue weighted by Gasteiger charge is 2.23. The maximum absolute atomic E-state index is 13.6. The van der Waals surface area contributed by atoms with E-state index in [9.17, 15) is 22.0 Å². The zero-order valence-corrected chi connectivity index (χ0v) is 13.9. The largest absolute Gasteiger partial charge is 0.320 e. The van der Waals surface area contributed by atoms with Crippen LogP contribution < -0.4 is 9.62 Å². The molecule has 5 nitrogen and oxygen atoms in total. The van der Waals surface area contributed by atoms with Crippen LogP contribution in [-0.2, 0) is 14.8 Å². The summed E-state index contributed by atoms with van der Waals surface area (Å²) in [7, 11) is -3.76. The molecule has 0 aromatic heterocycles. The Morgan fingerprint density at radius 1 is 1.08 bits per heavy atom. The molecule has 0 atom stereocenters. The van der Waals surface area contributed by atoms with E-state index in [0.29, 0.717) is 11.3 Å². The molecule has 2 rings (SSSR count). The van der Waals surface area contributed by atoms with Gasteiger partial charge in [0.05, 0.1) is 11.9 Å². The molecule has 1 N–H and O–H groups in total. The van der Waals surface area contributed by atoms with E-state index >= 15 is 0 Å². The van der Waals surface area contributed by atoms with Gasteiger partial charge in [-0.15, -0.1) is 0 Å². The van der Waals surface area contributed by atoms with Crippen molar-refractivity contribution in [3.05, 3.63) is 59.7 Å². The van der Waals surface area contributed by atoms with Gasteiger partial charge in [0.2, 0.25) is 15.9 Å². The first-order valence-electron chi connectivity index (χ1n) is 6.97. The normalized spacial score (nSPS) is 11.2. The SMILES string of the molecule is Cc1ccccc1N(CC(=O)Nc1c(F)cccc1F)S(C)(=O)=O. The van der Waals surface area contributed by atoms with Crippen LogP contribution in [0.5, 0.6) is 0 Å². The average molecular weight is 354 g/mol. The third-order valence-corrected chi connectivity index (χ3v) is 4.43. The first-order chi connectivity index (χ1) is 11.2. The van der Waals surface area contributed by atoms with Gasteiger partial charge in [-0.05, 0) is 30.7 Å². The number of amides is 1. The lowest BCUT2D eigenvalue weighted by molar-refractivity contribution is -0.114. The smallest absolute Gasteiger partial charge is 0.245 e. The molecule has 0 spiro atoms. The molecule has 0 saturated heterocycles. The second-order valence-corrected chi connectivity index (χ2v) is 7.11. The summed E-state index contributed by atoms with van der Waals surface area (Å²) in [4.78, 5) is 12.1. The number of rotatable bonds is 5. The molecule has 8 heteroatoms. The average Bonchev–Trinajstić information content (AvgIpc) is 2.48. The van der Waals surface area contributed by atoms with Crippen molar-refractivity contribution in [3.8, 4) is 0 Å². The van der Waals surface area contributed by atoms with E-state index in [-0.39, 0.29) is 0 Å². The van der Waals surface area contributed by atoms with Crippen LogP contribution >= 0.6 is 0 Å². The highest BCUT2D eigenvalue weighted by Crippen LogP contribution is 2.23. The second-order valence-electron chi connectivity index (χ2n) is 5.20. The number of benzene rings is 2. The summed E-state index contributed by atoms with van der Waals surface area (Å²) in [5.41, 5.74) is 0.359. The van der Waals surface area contributed by atoms with Gasteiger partial charge in [0.15, 0.2) is 0 Å². The van der Waals surface area contributed by atoms with Crippen LogP contribution in [0.2, 0.25) is 0 Å². The molecule has 0 heterocycles. The number of nitrogens with one attached hydrogen (secondary N) is 1. The summed E-state index contributed by atoms with van der Waals surface area (Å²) in [6.07, 6.45) is 0.955. The van der Waals surface area contributed by atoms with Gasteiger partial charge in [0.1, 0.15) is 23.9 Å². The third kappa shape index (κ3) is 4.08. The minimum absolute atomic E-state index is 0.323. The molecule has 0 saturated carbocycles. The Balaban J connectivity index is 2.28. The Labute approximate surface area is 139 Å². The molecule has 128 valence electrons. The quantitative estimate of drug-likeness (QED) is 0.898. The predicted molar refractivity (Wildman–Crippen MR) is 88.4 cm³/mol. The Morgan fingerprint density at radius 2 is 1.67 bits per heavy atom. The maximum Gasteiger partial charge on any atom is 0.245 e. The zero-order valence-electron chi connectivity index (χ0n) is 13.1. The van der Waals surface area contributed by atoms with E-state index in [1.807, 2.05) is 0 Å². The minimum Gasteiger partial charge on any atom is -0.320 e. The van der Waals surface area contributed by atoms with E-state index in [1.54, 1.807) is 31.2 Å². The summed E-state index contributed by atoms with van der Waals surface area (Å²) in [5, 5.41) is 2.08. The lowest BCUT2D eigenvalue weighted by atomic mass is 10.2. The summed E-state index contributed by atoms with van der Waals surface area (Å²) in [6, 6.07) is 9.76. The van der Waals surface area contributed by atoms with Crippen molar-refractivity contribution >= 4 is 27.3 Å². The highest BCUT2D eigenvalue weighted by molar-refractivity contribution is 7.92. The van der Waals surface area contributed by atoms with Crippen LogP contribution in [0.1, 0.15) is 5.56 Å². The van der Waals surface area contributed by atoms with Gasteiger partial charge in [-0.3, -0.25) is 9.10 Å². The van der Waals surface area contributed by atoms with Crippen molar-refractivity contribution in [2.45, 2.75) is 6.92 Å². The molecule has 0 aliphatic heterocycles. The zero-order chi connectivity index (χ0) is 17.9. The monoisotopic (exact) mass is 354 g/mol. The number of hydrogen-bond donors (Lipinski definition) is 1. The first-order valence-corrected chi connectivity index (χ1v) is 8.82. The van der Waals surface area contributed by atoms with E-state index in [2.05, 4.69) is 5.32 Å². The molecule has 0 fully saturated rings. The van der Waals surface area contributed by atoms with Crippen LogP contribution in [0.3, 0.4) is 0 Å². The molecule has 0 aliphatic rings. The van der Waals surface area contributed by atoms with Gasteiger partial charge in [0, 0.05) is 0 Å². The van der Waals surface area contributed by atoms with E-state index in [0.717, 1.165) is 28.8 Å². The summed E-state index contributed by atoms with van der Waals surface area (Å²) in [6.45, 7) is 1.10. The molecule has 0 unspecified atom stereocenters. The summed E-state index contributed by atoms with van der Waals surface area (Å²) in [5.74, 6) is -2.73. The Hall–Kier alpha value is -2.48. The van der Waals surface area contributed by atoms with Crippen molar-refractivity contribution in [3.63, 3.8) is 0 Å². The van der Waals surface area contributed by atoms with Crippen molar-refractivity contribution in [2.24, 2.45) is 0 Å². The number of aryl methyl sites for hydroxylation is 1. The fourth-order valence-electron chi connectivity index (χ4n) is 2.15. The lowest BCUT2D eigenvalue weighted by Gasteiger charge is -2.23. The number of para-hydroxylation sites is 2. The number of anilines is 2. The lowest BCUT2D eigenvalue weighted by Crippen LogP contribution is -2.38. The van der Waals surface area contributed by atoms with Gasteiger partial charge in [0.25, 0.3) is 0 Å². The predicted octanol–water partition coefficient (Wildman–Crippen LogP) is 2.68. The molecule has 0 bridgehead atoms. The number of carbonyl (C=O) groups excluding carboxylic acids is 1. The fraction of sp³-hybridized carbons (Fsp3) is 0.188. The van der Waals surface area contributed by atoms with Crippen molar-refractivity contribution in [1.82, 2.24) is 0 Å². The molecular formula is C16H16F2N2O3S.